The maximum absolute atomic E-state index is 13.0. The molecule has 2 aromatic rings. The fourth-order valence-electron chi connectivity index (χ4n) is 4.13. The van der Waals surface area contributed by atoms with Crippen LogP contribution in [0.2, 0.25) is 0 Å². The van der Waals surface area contributed by atoms with Crippen molar-refractivity contribution in [1.82, 2.24) is 19.9 Å². The molecule has 2 saturated heterocycles. The summed E-state index contributed by atoms with van der Waals surface area (Å²) in [6.45, 7) is 5.49. The molecule has 0 aliphatic carbocycles. The minimum Gasteiger partial charge on any atom is -0.341 e. The van der Waals surface area contributed by atoms with Gasteiger partial charge in [-0.2, -0.15) is 0 Å². The van der Waals surface area contributed by atoms with Crippen LogP contribution in [0.5, 0.6) is 0 Å². The molecule has 27 heavy (non-hydrogen) atoms. The van der Waals surface area contributed by atoms with Gasteiger partial charge in [0.05, 0.1) is 11.3 Å². The van der Waals surface area contributed by atoms with E-state index in [1.54, 1.807) is 6.20 Å². The van der Waals surface area contributed by atoms with Crippen LogP contribution < -0.4 is 4.90 Å². The van der Waals surface area contributed by atoms with E-state index in [0.717, 1.165) is 50.7 Å². The zero-order valence-electron chi connectivity index (χ0n) is 16.0. The molecule has 4 rings (SSSR count). The van der Waals surface area contributed by atoms with E-state index in [9.17, 15) is 4.79 Å². The number of anilines is 1. The Balaban J connectivity index is 1.41. The molecule has 1 amide bonds. The number of piperidine rings is 2. The molecule has 0 bridgehead atoms. The predicted molar refractivity (Wildman–Crippen MR) is 105 cm³/mol. The van der Waals surface area contributed by atoms with Crippen molar-refractivity contribution in [3.63, 3.8) is 0 Å². The van der Waals surface area contributed by atoms with E-state index in [0.29, 0.717) is 11.5 Å². The zero-order chi connectivity index (χ0) is 18.6. The first-order valence-electron chi connectivity index (χ1n) is 10.00. The number of aryl methyl sites for hydroxylation is 1. The van der Waals surface area contributed by atoms with Crippen LogP contribution in [-0.2, 0) is 0 Å². The van der Waals surface area contributed by atoms with Crippen molar-refractivity contribution >= 4 is 11.9 Å². The SMILES string of the molecule is Cc1nc(N2CCCCC2)ncc1C(=O)N1CCC(c2ccncc2)CC1. The molecule has 0 radical (unpaired) electrons. The van der Waals surface area contributed by atoms with Gasteiger partial charge in [-0.3, -0.25) is 9.78 Å². The van der Waals surface area contributed by atoms with Gasteiger partial charge in [-0.15, -0.1) is 0 Å². The van der Waals surface area contributed by atoms with E-state index in [1.165, 1.54) is 24.8 Å². The summed E-state index contributed by atoms with van der Waals surface area (Å²) in [5.41, 5.74) is 2.74. The average molecular weight is 365 g/mol. The fourth-order valence-corrected chi connectivity index (χ4v) is 4.13. The van der Waals surface area contributed by atoms with Gasteiger partial charge in [0.1, 0.15) is 0 Å². The Bertz CT molecular complexity index is 780. The highest BCUT2D eigenvalue weighted by molar-refractivity contribution is 5.95. The molecule has 2 aliphatic rings. The van der Waals surface area contributed by atoms with Crippen LogP contribution >= 0.6 is 0 Å². The van der Waals surface area contributed by atoms with Crippen molar-refractivity contribution in [2.24, 2.45) is 0 Å². The highest BCUT2D eigenvalue weighted by Crippen LogP contribution is 2.28. The lowest BCUT2D eigenvalue weighted by molar-refractivity contribution is 0.0711. The third kappa shape index (κ3) is 3.94. The summed E-state index contributed by atoms with van der Waals surface area (Å²) in [5, 5.41) is 0. The molecule has 6 nitrogen and oxygen atoms in total. The zero-order valence-corrected chi connectivity index (χ0v) is 16.0. The van der Waals surface area contributed by atoms with Gasteiger partial charge < -0.3 is 9.80 Å². The molecule has 0 spiro atoms. The van der Waals surface area contributed by atoms with Gasteiger partial charge in [0.2, 0.25) is 5.95 Å². The molecule has 0 saturated carbocycles. The highest BCUT2D eigenvalue weighted by Gasteiger charge is 2.26. The van der Waals surface area contributed by atoms with Crippen LogP contribution in [0.15, 0.2) is 30.7 Å². The summed E-state index contributed by atoms with van der Waals surface area (Å²) in [4.78, 5) is 30.4. The summed E-state index contributed by atoms with van der Waals surface area (Å²) >= 11 is 0. The van der Waals surface area contributed by atoms with Crippen molar-refractivity contribution in [2.45, 2.75) is 44.9 Å². The van der Waals surface area contributed by atoms with Crippen molar-refractivity contribution in [1.29, 1.82) is 0 Å². The standard InChI is InChI=1S/C21H27N5O/c1-16-19(15-23-21(24-16)26-11-3-2-4-12-26)20(27)25-13-7-18(8-14-25)17-5-9-22-10-6-17/h5-6,9-10,15,18H,2-4,7-8,11-14H2,1H3. The molecule has 2 fully saturated rings. The van der Waals surface area contributed by atoms with Crippen LogP contribution in [0, 0.1) is 6.92 Å². The second-order valence-corrected chi connectivity index (χ2v) is 7.56. The summed E-state index contributed by atoms with van der Waals surface area (Å²) < 4.78 is 0. The minimum absolute atomic E-state index is 0.0610. The molecule has 0 N–H and O–H groups in total. The van der Waals surface area contributed by atoms with Crippen LogP contribution in [-0.4, -0.2) is 51.9 Å². The number of likely N-dealkylation sites (tertiary alicyclic amines) is 1. The summed E-state index contributed by atoms with van der Waals surface area (Å²) in [6, 6.07) is 4.17. The molecule has 0 atom stereocenters. The normalized spacial score (nSPS) is 18.6. The van der Waals surface area contributed by atoms with E-state index in [2.05, 4.69) is 32.0 Å². The smallest absolute Gasteiger partial charge is 0.257 e. The second kappa shape index (κ2) is 8.03. The van der Waals surface area contributed by atoms with Gasteiger partial charge >= 0.3 is 0 Å². The highest BCUT2D eigenvalue weighted by atomic mass is 16.2. The van der Waals surface area contributed by atoms with Gasteiger partial charge in [-0.1, -0.05) is 0 Å². The van der Waals surface area contributed by atoms with Gasteiger partial charge in [-0.05, 0) is 62.6 Å². The number of pyridine rings is 1. The Hall–Kier alpha value is -2.50. The molecular weight excluding hydrogens is 338 g/mol. The number of rotatable bonds is 3. The fraction of sp³-hybridized carbons (Fsp3) is 0.524. The molecule has 0 unspecified atom stereocenters. The lowest BCUT2D eigenvalue weighted by atomic mass is 9.90. The van der Waals surface area contributed by atoms with E-state index in [1.807, 2.05) is 24.2 Å². The number of carbonyl (C=O) groups is 1. The lowest BCUT2D eigenvalue weighted by Crippen LogP contribution is -2.38. The predicted octanol–water partition coefficient (Wildman–Crippen LogP) is 3.19. The number of aromatic nitrogens is 3. The van der Waals surface area contributed by atoms with Crippen LogP contribution in [0.4, 0.5) is 5.95 Å². The topological polar surface area (TPSA) is 62.2 Å². The van der Waals surface area contributed by atoms with E-state index in [4.69, 9.17) is 0 Å². The summed E-state index contributed by atoms with van der Waals surface area (Å²) in [7, 11) is 0. The third-order valence-electron chi connectivity index (χ3n) is 5.80. The van der Waals surface area contributed by atoms with Crippen molar-refractivity contribution < 1.29 is 4.79 Å². The first-order valence-corrected chi connectivity index (χ1v) is 10.00. The summed E-state index contributed by atoms with van der Waals surface area (Å²) in [6.07, 6.45) is 11.0. The lowest BCUT2D eigenvalue weighted by Gasteiger charge is -2.32. The number of carbonyl (C=O) groups excluding carboxylic acids is 1. The Morgan fingerprint density at radius 3 is 2.41 bits per heavy atom. The van der Waals surface area contributed by atoms with Crippen LogP contribution in [0.25, 0.3) is 0 Å². The van der Waals surface area contributed by atoms with Crippen molar-refractivity contribution in [2.75, 3.05) is 31.1 Å². The quantitative estimate of drug-likeness (QED) is 0.836. The number of hydrogen-bond acceptors (Lipinski definition) is 5. The van der Waals surface area contributed by atoms with Crippen LogP contribution in [0.3, 0.4) is 0 Å². The first-order chi connectivity index (χ1) is 13.2. The van der Waals surface area contributed by atoms with E-state index < -0.39 is 0 Å². The second-order valence-electron chi connectivity index (χ2n) is 7.56. The molecule has 2 aliphatic heterocycles. The number of amides is 1. The van der Waals surface area contributed by atoms with Crippen LogP contribution in [0.1, 0.15) is 59.6 Å². The van der Waals surface area contributed by atoms with Crippen molar-refractivity contribution in [3.05, 3.63) is 47.5 Å². The number of hydrogen-bond donors (Lipinski definition) is 0. The Morgan fingerprint density at radius 1 is 1.04 bits per heavy atom. The Kier molecular flexibility index (Phi) is 5.32. The number of nitrogens with zero attached hydrogens (tertiary/aromatic N) is 5. The Labute approximate surface area is 160 Å². The Morgan fingerprint density at radius 2 is 1.74 bits per heavy atom. The molecule has 4 heterocycles. The largest absolute Gasteiger partial charge is 0.341 e. The van der Waals surface area contributed by atoms with Crippen molar-refractivity contribution in [3.8, 4) is 0 Å². The monoisotopic (exact) mass is 365 g/mol. The molecule has 142 valence electrons. The molecule has 2 aromatic heterocycles. The van der Waals surface area contributed by atoms with E-state index in [-0.39, 0.29) is 5.91 Å². The third-order valence-corrected chi connectivity index (χ3v) is 5.80. The molecule has 6 heteroatoms. The molecular formula is C21H27N5O. The molecule has 0 aromatic carbocycles. The van der Waals surface area contributed by atoms with Gasteiger partial charge in [-0.25, -0.2) is 9.97 Å². The van der Waals surface area contributed by atoms with Gasteiger partial charge in [0.15, 0.2) is 0 Å². The van der Waals surface area contributed by atoms with Gasteiger partial charge in [0, 0.05) is 44.8 Å². The minimum atomic E-state index is 0.0610. The average Bonchev–Trinajstić information content (AvgIpc) is 2.74. The summed E-state index contributed by atoms with van der Waals surface area (Å²) in [5.74, 6) is 1.34. The maximum Gasteiger partial charge on any atom is 0.257 e. The first kappa shape index (κ1) is 17.9. The van der Waals surface area contributed by atoms with E-state index >= 15 is 0 Å². The maximum atomic E-state index is 13.0. The van der Waals surface area contributed by atoms with Gasteiger partial charge in [0.25, 0.3) is 5.91 Å².